The predicted molar refractivity (Wildman–Crippen MR) is 79.6 cm³/mol. The molecule has 2 aromatic rings. The number of amides is 2. The lowest BCUT2D eigenvalue weighted by atomic mass is 10.1. The second kappa shape index (κ2) is 5.20. The molecule has 0 radical (unpaired) electrons. The van der Waals surface area contributed by atoms with Crippen molar-refractivity contribution in [3.63, 3.8) is 0 Å². The van der Waals surface area contributed by atoms with Crippen molar-refractivity contribution in [1.29, 1.82) is 0 Å². The average molecular weight is 286 g/mol. The second-order valence-electron chi connectivity index (χ2n) is 5.36. The fourth-order valence-corrected chi connectivity index (χ4v) is 2.84. The van der Waals surface area contributed by atoms with E-state index in [-0.39, 0.29) is 17.9 Å². The Morgan fingerprint density at radius 3 is 2.95 bits per heavy atom. The first-order valence-corrected chi connectivity index (χ1v) is 7.20. The van der Waals surface area contributed by atoms with Crippen LogP contribution < -0.4 is 11.1 Å². The van der Waals surface area contributed by atoms with Gasteiger partial charge in [0.05, 0.1) is 11.0 Å². The molecule has 1 aromatic heterocycles. The van der Waals surface area contributed by atoms with E-state index in [4.69, 9.17) is 5.73 Å². The van der Waals surface area contributed by atoms with Crippen LogP contribution in [-0.2, 0) is 16.0 Å². The molecule has 6 heteroatoms. The SMILES string of the molecule is CCCc1nc2cc(N)ccc2n1C1CCC(=O)NC1=O. The molecule has 21 heavy (non-hydrogen) atoms. The van der Waals surface area contributed by atoms with Gasteiger partial charge in [0, 0.05) is 18.5 Å². The molecule has 2 heterocycles. The van der Waals surface area contributed by atoms with E-state index in [0.717, 1.165) is 29.7 Å². The van der Waals surface area contributed by atoms with E-state index in [0.29, 0.717) is 18.5 Å². The molecule has 1 aliphatic rings. The highest BCUT2D eigenvalue weighted by Gasteiger charge is 2.30. The fourth-order valence-electron chi connectivity index (χ4n) is 2.84. The number of nitrogens with one attached hydrogen (secondary N) is 1. The van der Waals surface area contributed by atoms with E-state index in [9.17, 15) is 9.59 Å². The van der Waals surface area contributed by atoms with E-state index in [1.807, 2.05) is 22.8 Å². The van der Waals surface area contributed by atoms with Gasteiger partial charge in [-0.25, -0.2) is 4.98 Å². The third kappa shape index (κ3) is 2.37. The number of hydrogen-bond acceptors (Lipinski definition) is 4. The minimum atomic E-state index is -0.377. The Bertz CT molecular complexity index is 720. The molecular formula is C15H18N4O2. The maximum Gasteiger partial charge on any atom is 0.249 e. The minimum absolute atomic E-state index is 0.207. The quantitative estimate of drug-likeness (QED) is 0.661. The lowest BCUT2D eigenvalue weighted by molar-refractivity contribution is -0.135. The molecule has 1 aromatic carbocycles. The number of nitrogens with two attached hydrogens (primary N) is 1. The van der Waals surface area contributed by atoms with Gasteiger partial charge in [0.1, 0.15) is 11.9 Å². The summed E-state index contributed by atoms with van der Waals surface area (Å²) < 4.78 is 1.96. The number of nitrogens with zero attached hydrogens (tertiary/aromatic N) is 2. The maximum atomic E-state index is 12.2. The molecule has 0 spiro atoms. The van der Waals surface area contributed by atoms with Crippen molar-refractivity contribution in [3.05, 3.63) is 24.0 Å². The summed E-state index contributed by atoms with van der Waals surface area (Å²) in [5.41, 5.74) is 8.14. The second-order valence-corrected chi connectivity index (χ2v) is 5.36. The molecule has 0 saturated carbocycles. The van der Waals surface area contributed by atoms with Crippen LogP contribution in [0.1, 0.15) is 38.1 Å². The van der Waals surface area contributed by atoms with Gasteiger partial charge in [-0.05, 0) is 31.0 Å². The molecule has 0 bridgehead atoms. The number of fused-ring (bicyclic) bond motifs is 1. The number of nitrogen functional groups attached to an aromatic ring is 1. The number of hydrogen-bond donors (Lipinski definition) is 2. The van der Waals surface area contributed by atoms with Crippen molar-refractivity contribution in [3.8, 4) is 0 Å². The Hall–Kier alpha value is -2.37. The number of carbonyl (C=O) groups excluding carboxylic acids is 2. The van der Waals surface area contributed by atoms with Crippen LogP contribution in [-0.4, -0.2) is 21.4 Å². The normalized spacial score (nSPS) is 19.0. The van der Waals surface area contributed by atoms with Gasteiger partial charge in [-0.3, -0.25) is 14.9 Å². The Morgan fingerprint density at radius 1 is 1.43 bits per heavy atom. The molecule has 3 N–H and O–H groups in total. The van der Waals surface area contributed by atoms with Gasteiger partial charge in [-0.15, -0.1) is 0 Å². The number of anilines is 1. The van der Waals surface area contributed by atoms with Crippen LogP contribution in [0.4, 0.5) is 5.69 Å². The average Bonchev–Trinajstić information content (AvgIpc) is 2.76. The summed E-state index contributed by atoms with van der Waals surface area (Å²) in [5.74, 6) is 0.411. The van der Waals surface area contributed by atoms with E-state index >= 15 is 0 Å². The van der Waals surface area contributed by atoms with Crippen LogP contribution in [0.2, 0.25) is 0 Å². The molecule has 3 rings (SSSR count). The number of aryl methyl sites for hydroxylation is 1. The van der Waals surface area contributed by atoms with Crippen LogP contribution in [0.3, 0.4) is 0 Å². The summed E-state index contributed by atoms with van der Waals surface area (Å²) in [6, 6.07) is 5.14. The minimum Gasteiger partial charge on any atom is -0.399 e. The fraction of sp³-hybridized carbons (Fsp3) is 0.400. The molecular weight excluding hydrogens is 268 g/mol. The van der Waals surface area contributed by atoms with E-state index < -0.39 is 0 Å². The largest absolute Gasteiger partial charge is 0.399 e. The zero-order valence-electron chi connectivity index (χ0n) is 11.9. The van der Waals surface area contributed by atoms with Gasteiger partial charge in [-0.2, -0.15) is 0 Å². The van der Waals surface area contributed by atoms with Crippen LogP contribution >= 0.6 is 0 Å². The highest BCUT2D eigenvalue weighted by atomic mass is 16.2. The third-order valence-electron chi connectivity index (χ3n) is 3.78. The predicted octanol–water partition coefficient (Wildman–Crippen LogP) is 1.55. The molecule has 110 valence electrons. The summed E-state index contributed by atoms with van der Waals surface area (Å²) in [6.07, 6.45) is 2.59. The first kappa shape index (κ1) is 13.6. The van der Waals surface area contributed by atoms with Crippen LogP contribution in [0.25, 0.3) is 11.0 Å². The van der Waals surface area contributed by atoms with Crippen LogP contribution in [0, 0.1) is 0 Å². The first-order valence-electron chi connectivity index (χ1n) is 7.20. The summed E-state index contributed by atoms with van der Waals surface area (Å²) >= 11 is 0. The van der Waals surface area contributed by atoms with Gasteiger partial charge in [0.2, 0.25) is 11.8 Å². The van der Waals surface area contributed by atoms with Crippen LogP contribution in [0.15, 0.2) is 18.2 Å². The standard InChI is InChI=1S/C15H18N4O2/c1-2-3-13-17-10-8-9(16)4-5-11(10)19(13)12-6-7-14(20)18-15(12)21/h4-5,8,12H,2-3,6-7,16H2,1H3,(H,18,20,21). The summed E-state index contributed by atoms with van der Waals surface area (Å²) in [7, 11) is 0. The Morgan fingerprint density at radius 2 is 2.24 bits per heavy atom. The monoisotopic (exact) mass is 286 g/mol. The number of benzene rings is 1. The smallest absolute Gasteiger partial charge is 0.249 e. The van der Waals surface area contributed by atoms with Crippen molar-refractivity contribution >= 4 is 28.5 Å². The molecule has 1 atom stereocenters. The first-order chi connectivity index (χ1) is 10.1. The number of rotatable bonds is 3. The number of imide groups is 1. The topological polar surface area (TPSA) is 90.0 Å². The van der Waals surface area contributed by atoms with Crippen LogP contribution in [0.5, 0.6) is 0 Å². The number of aromatic nitrogens is 2. The van der Waals surface area contributed by atoms with Gasteiger partial charge in [0.25, 0.3) is 0 Å². The molecule has 6 nitrogen and oxygen atoms in total. The molecule has 2 amide bonds. The number of piperidine rings is 1. The zero-order valence-corrected chi connectivity index (χ0v) is 11.9. The highest BCUT2D eigenvalue weighted by molar-refractivity contribution is 6.00. The molecule has 1 saturated heterocycles. The van der Waals surface area contributed by atoms with Gasteiger partial charge >= 0.3 is 0 Å². The van der Waals surface area contributed by atoms with Crippen molar-refractivity contribution in [1.82, 2.24) is 14.9 Å². The van der Waals surface area contributed by atoms with E-state index in [2.05, 4.69) is 17.2 Å². The summed E-state index contributed by atoms with van der Waals surface area (Å²) in [6.45, 7) is 2.07. The summed E-state index contributed by atoms with van der Waals surface area (Å²) in [4.78, 5) is 28.1. The van der Waals surface area contributed by atoms with Crippen molar-refractivity contribution in [2.75, 3.05) is 5.73 Å². The van der Waals surface area contributed by atoms with Gasteiger partial charge in [-0.1, -0.05) is 6.92 Å². The lowest BCUT2D eigenvalue weighted by Crippen LogP contribution is -2.42. The van der Waals surface area contributed by atoms with E-state index in [1.54, 1.807) is 0 Å². The highest BCUT2D eigenvalue weighted by Crippen LogP contribution is 2.28. The van der Waals surface area contributed by atoms with Crippen molar-refractivity contribution < 1.29 is 9.59 Å². The van der Waals surface area contributed by atoms with Gasteiger partial charge < -0.3 is 10.3 Å². The van der Waals surface area contributed by atoms with Gasteiger partial charge in [0.15, 0.2) is 0 Å². The summed E-state index contributed by atoms with van der Waals surface area (Å²) in [5, 5.41) is 2.41. The number of imidazole rings is 1. The molecule has 1 aliphatic heterocycles. The zero-order chi connectivity index (χ0) is 15.0. The Labute approximate surface area is 122 Å². The lowest BCUT2D eigenvalue weighted by Gasteiger charge is -2.24. The van der Waals surface area contributed by atoms with Crippen molar-refractivity contribution in [2.45, 2.75) is 38.6 Å². The third-order valence-corrected chi connectivity index (χ3v) is 3.78. The number of carbonyl (C=O) groups is 2. The molecule has 1 unspecified atom stereocenters. The maximum absolute atomic E-state index is 12.2. The van der Waals surface area contributed by atoms with E-state index in [1.165, 1.54) is 0 Å². The van der Waals surface area contributed by atoms with Crippen molar-refractivity contribution in [2.24, 2.45) is 0 Å². The molecule has 1 fully saturated rings. The molecule has 0 aliphatic carbocycles. The Balaban J connectivity index is 2.12. The Kier molecular flexibility index (Phi) is 3.37.